The highest BCUT2D eigenvalue weighted by atomic mass is 35.5. The lowest BCUT2D eigenvalue weighted by Crippen LogP contribution is -2.19. The number of hydrogen-bond donors (Lipinski definition) is 1. The zero-order valence-corrected chi connectivity index (χ0v) is 11.0. The minimum atomic E-state index is 0.451. The van der Waals surface area contributed by atoms with Crippen LogP contribution in [-0.4, -0.2) is 6.02 Å². The summed E-state index contributed by atoms with van der Waals surface area (Å²) >= 11 is 5.91. The van der Waals surface area contributed by atoms with E-state index >= 15 is 0 Å². The average molecular weight is 273 g/mol. The number of para-hydroxylation sites is 2. The number of aliphatic imine (C=N–C) groups is 1. The van der Waals surface area contributed by atoms with Crippen LogP contribution >= 0.6 is 11.6 Å². The van der Waals surface area contributed by atoms with Crippen molar-refractivity contribution in [3.63, 3.8) is 0 Å². The molecule has 1 aliphatic heterocycles. The van der Waals surface area contributed by atoms with E-state index in [1.807, 2.05) is 48.5 Å². The van der Waals surface area contributed by atoms with Gasteiger partial charge in [0.25, 0.3) is 6.02 Å². The van der Waals surface area contributed by atoms with Crippen LogP contribution in [0.15, 0.2) is 53.5 Å². The fourth-order valence-corrected chi connectivity index (χ4v) is 2.20. The van der Waals surface area contributed by atoms with E-state index in [9.17, 15) is 0 Å². The van der Waals surface area contributed by atoms with Crippen molar-refractivity contribution in [2.75, 3.05) is 5.32 Å². The number of nitrogens with zero attached hydrogens (tertiary/aromatic N) is 1. The van der Waals surface area contributed by atoms with Gasteiger partial charge < -0.3 is 10.1 Å². The van der Waals surface area contributed by atoms with Crippen LogP contribution in [0.3, 0.4) is 0 Å². The van der Waals surface area contributed by atoms with Gasteiger partial charge >= 0.3 is 0 Å². The van der Waals surface area contributed by atoms with E-state index in [1.165, 1.54) is 0 Å². The molecule has 0 unspecified atom stereocenters. The summed E-state index contributed by atoms with van der Waals surface area (Å²) in [6.45, 7) is 0.533. The molecule has 0 amide bonds. The van der Waals surface area contributed by atoms with E-state index in [0.29, 0.717) is 18.5 Å². The Bertz CT molecular complexity index is 625. The van der Waals surface area contributed by atoms with Crippen molar-refractivity contribution < 1.29 is 4.74 Å². The third-order valence-electron chi connectivity index (χ3n) is 2.98. The molecule has 3 rings (SSSR count). The van der Waals surface area contributed by atoms with E-state index in [0.717, 1.165) is 22.5 Å². The van der Waals surface area contributed by atoms with Gasteiger partial charge in [0.05, 0.1) is 5.69 Å². The van der Waals surface area contributed by atoms with Gasteiger partial charge in [-0.1, -0.05) is 36.4 Å². The molecule has 0 radical (unpaired) electrons. The fourth-order valence-electron chi connectivity index (χ4n) is 1.97. The summed E-state index contributed by atoms with van der Waals surface area (Å²) in [6, 6.07) is 16.3. The van der Waals surface area contributed by atoms with Crippen LogP contribution in [-0.2, 0) is 17.2 Å². The zero-order valence-electron chi connectivity index (χ0n) is 10.3. The Balaban J connectivity index is 1.87. The minimum absolute atomic E-state index is 0.451. The molecule has 3 nitrogen and oxygen atoms in total. The van der Waals surface area contributed by atoms with E-state index in [2.05, 4.69) is 10.3 Å². The third-order valence-corrected chi connectivity index (χ3v) is 3.27. The number of alkyl halides is 1. The molecule has 2 aromatic rings. The second-order valence-corrected chi connectivity index (χ2v) is 4.52. The Hall–Kier alpha value is -2.00. The van der Waals surface area contributed by atoms with E-state index in [-0.39, 0.29) is 0 Å². The van der Waals surface area contributed by atoms with Crippen molar-refractivity contribution in [1.82, 2.24) is 0 Å². The second-order valence-electron chi connectivity index (χ2n) is 4.25. The molecule has 0 saturated carbocycles. The predicted molar refractivity (Wildman–Crippen MR) is 77.9 cm³/mol. The Morgan fingerprint density at radius 3 is 2.79 bits per heavy atom. The molecule has 4 heteroatoms. The van der Waals surface area contributed by atoms with Crippen LogP contribution in [0.1, 0.15) is 11.1 Å². The van der Waals surface area contributed by atoms with Crippen molar-refractivity contribution in [3.8, 4) is 0 Å². The van der Waals surface area contributed by atoms with Gasteiger partial charge in [-0.3, -0.25) is 0 Å². The summed E-state index contributed by atoms with van der Waals surface area (Å²) in [5.41, 5.74) is 3.99. The maximum absolute atomic E-state index is 5.91. The van der Waals surface area contributed by atoms with Crippen LogP contribution in [0, 0.1) is 0 Å². The van der Waals surface area contributed by atoms with Gasteiger partial charge in [-0.25, -0.2) is 0 Å². The number of halogens is 1. The van der Waals surface area contributed by atoms with Gasteiger partial charge in [0, 0.05) is 17.1 Å². The number of anilines is 1. The van der Waals surface area contributed by atoms with Crippen LogP contribution in [0.25, 0.3) is 0 Å². The Kier molecular flexibility index (Phi) is 3.38. The lowest BCUT2D eigenvalue weighted by atomic mass is 10.2. The molecule has 0 fully saturated rings. The number of fused-ring (bicyclic) bond motifs is 1. The highest BCUT2D eigenvalue weighted by Gasteiger charge is 2.13. The average Bonchev–Trinajstić information content (AvgIpc) is 2.48. The van der Waals surface area contributed by atoms with E-state index in [4.69, 9.17) is 16.3 Å². The van der Waals surface area contributed by atoms with Crippen LogP contribution < -0.4 is 5.32 Å². The summed E-state index contributed by atoms with van der Waals surface area (Å²) in [5, 5.41) is 3.18. The van der Waals surface area contributed by atoms with Gasteiger partial charge in [0.2, 0.25) is 0 Å². The summed E-state index contributed by atoms with van der Waals surface area (Å²) in [5.74, 6) is 0.451. The molecule has 0 aliphatic carbocycles. The standard InChI is InChI=1S/C15H13ClN2O/c16-9-11-5-1-3-7-13(11)17-15-18-14-8-4-2-6-12(14)10-19-15/h1-8H,9-10H2,(H,17,18). The highest BCUT2D eigenvalue weighted by Crippen LogP contribution is 2.25. The van der Waals surface area contributed by atoms with E-state index < -0.39 is 0 Å². The predicted octanol–water partition coefficient (Wildman–Crippen LogP) is 4.06. The first kappa shape index (κ1) is 12.1. The number of hydrogen-bond acceptors (Lipinski definition) is 3. The maximum Gasteiger partial charge on any atom is 0.294 e. The van der Waals surface area contributed by atoms with E-state index in [1.54, 1.807) is 0 Å². The maximum atomic E-state index is 5.91. The van der Waals surface area contributed by atoms with Gasteiger partial charge in [0.1, 0.15) is 6.61 Å². The Morgan fingerprint density at radius 2 is 1.89 bits per heavy atom. The lowest BCUT2D eigenvalue weighted by molar-refractivity contribution is 0.286. The first-order valence-electron chi connectivity index (χ1n) is 6.07. The summed E-state index contributed by atoms with van der Waals surface area (Å²) < 4.78 is 5.60. The molecule has 1 heterocycles. The van der Waals surface area contributed by atoms with Crippen molar-refractivity contribution in [2.45, 2.75) is 12.5 Å². The Labute approximate surface area is 116 Å². The summed E-state index contributed by atoms with van der Waals surface area (Å²) in [4.78, 5) is 4.46. The normalized spacial score (nSPS) is 13.2. The molecule has 0 spiro atoms. The SMILES string of the molecule is ClCc1ccccc1NC1=Nc2ccccc2CO1. The smallest absolute Gasteiger partial charge is 0.294 e. The summed E-state index contributed by atoms with van der Waals surface area (Å²) in [6.07, 6.45) is 0. The molecule has 19 heavy (non-hydrogen) atoms. The molecular weight excluding hydrogens is 260 g/mol. The monoisotopic (exact) mass is 272 g/mol. The fraction of sp³-hybridized carbons (Fsp3) is 0.133. The molecule has 0 saturated heterocycles. The number of ether oxygens (including phenoxy) is 1. The zero-order chi connectivity index (χ0) is 13.1. The molecule has 1 N–H and O–H groups in total. The van der Waals surface area contributed by atoms with Gasteiger partial charge in [-0.2, -0.15) is 4.99 Å². The molecule has 96 valence electrons. The van der Waals surface area contributed by atoms with Crippen molar-refractivity contribution >= 4 is 29.0 Å². The minimum Gasteiger partial charge on any atom is -0.460 e. The quantitative estimate of drug-likeness (QED) is 0.837. The molecule has 0 bridgehead atoms. The van der Waals surface area contributed by atoms with Gasteiger partial charge in [0.15, 0.2) is 0 Å². The second kappa shape index (κ2) is 5.33. The number of nitrogens with one attached hydrogen (secondary N) is 1. The topological polar surface area (TPSA) is 33.6 Å². The lowest BCUT2D eigenvalue weighted by Gasteiger charge is -2.18. The molecule has 2 aromatic carbocycles. The number of benzene rings is 2. The summed E-state index contributed by atoms with van der Waals surface area (Å²) in [7, 11) is 0. The van der Waals surface area contributed by atoms with Crippen molar-refractivity contribution in [3.05, 3.63) is 59.7 Å². The highest BCUT2D eigenvalue weighted by molar-refractivity contribution is 6.17. The third kappa shape index (κ3) is 2.56. The van der Waals surface area contributed by atoms with Crippen LogP contribution in [0.5, 0.6) is 0 Å². The number of amidine groups is 1. The van der Waals surface area contributed by atoms with Crippen LogP contribution in [0.4, 0.5) is 11.4 Å². The number of rotatable bonds is 2. The molecule has 0 aromatic heterocycles. The van der Waals surface area contributed by atoms with Crippen molar-refractivity contribution in [1.29, 1.82) is 0 Å². The Morgan fingerprint density at radius 1 is 1.11 bits per heavy atom. The van der Waals surface area contributed by atoms with Gasteiger partial charge in [-0.05, 0) is 17.7 Å². The largest absolute Gasteiger partial charge is 0.460 e. The van der Waals surface area contributed by atoms with Crippen LogP contribution in [0.2, 0.25) is 0 Å². The van der Waals surface area contributed by atoms with Crippen molar-refractivity contribution in [2.24, 2.45) is 4.99 Å². The molecule has 0 atom stereocenters. The first-order chi connectivity index (χ1) is 9.36. The molecule has 1 aliphatic rings. The first-order valence-corrected chi connectivity index (χ1v) is 6.60. The van der Waals surface area contributed by atoms with Gasteiger partial charge in [-0.15, -0.1) is 11.6 Å². The molecular formula is C15H13ClN2O.